The van der Waals surface area contributed by atoms with Crippen LogP contribution in [0.3, 0.4) is 0 Å². The summed E-state index contributed by atoms with van der Waals surface area (Å²) < 4.78 is 0. The molecule has 0 unspecified atom stereocenters. The van der Waals surface area contributed by atoms with E-state index in [0.29, 0.717) is 6.42 Å². The van der Waals surface area contributed by atoms with Gasteiger partial charge in [-0.1, -0.05) is 23.8 Å². The van der Waals surface area contributed by atoms with Crippen LogP contribution in [0.4, 0.5) is 0 Å². The largest absolute Gasteiger partial charge is 0.354 e. The van der Waals surface area contributed by atoms with E-state index in [1.165, 1.54) is 5.57 Å². The molecule has 0 aromatic carbocycles. The van der Waals surface area contributed by atoms with Gasteiger partial charge in [-0.25, -0.2) is 0 Å². The van der Waals surface area contributed by atoms with Crippen LogP contribution in [-0.4, -0.2) is 11.9 Å². The molecular formula is C11H19NO. The smallest absolute Gasteiger partial charge is 0.224 e. The van der Waals surface area contributed by atoms with Crippen molar-refractivity contribution >= 4 is 5.91 Å². The van der Waals surface area contributed by atoms with Gasteiger partial charge in [0.1, 0.15) is 0 Å². The molecule has 0 saturated heterocycles. The highest BCUT2D eigenvalue weighted by atomic mass is 16.1. The SMILES string of the molecule is CC(C)=C/C=C\CC(=O)NC(C)C. The molecule has 0 heterocycles. The fourth-order valence-corrected chi connectivity index (χ4v) is 0.816. The number of allylic oxidation sites excluding steroid dienone is 3. The highest BCUT2D eigenvalue weighted by Crippen LogP contribution is 1.91. The highest BCUT2D eigenvalue weighted by Gasteiger charge is 1.98. The molecule has 1 N–H and O–H groups in total. The average Bonchev–Trinajstić information content (AvgIpc) is 1.96. The number of carbonyl (C=O) groups is 1. The number of carbonyl (C=O) groups excluding carboxylic acids is 1. The molecule has 0 atom stereocenters. The van der Waals surface area contributed by atoms with Gasteiger partial charge in [0.25, 0.3) is 0 Å². The zero-order valence-corrected chi connectivity index (χ0v) is 8.92. The average molecular weight is 181 g/mol. The lowest BCUT2D eigenvalue weighted by Gasteiger charge is -2.05. The van der Waals surface area contributed by atoms with E-state index in [0.717, 1.165) is 0 Å². The van der Waals surface area contributed by atoms with Crippen LogP contribution in [0.25, 0.3) is 0 Å². The number of hydrogen-bond acceptors (Lipinski definition) is 1. The van der Waals surface area contributed by atoms with Gasteiger partial charge in [-0.05, 0) is 27.7 Å². The Labute approximate surface area is 80.7 Å². The number of hydrogen-bond donors (Lipinski definition) is 1. The molecule has 0 rings (SSSR count). The number of rotatable bonds is 4. The molecule has 0 bridgehead atoms. The minimum atomic E-state index is 0.0772. The molecule has 0 aliphatic heterocycles. The van der Waals surface area contributed by atoms with Crippen molar-refractivity contribution in [1.29, 1.82) is 0 Å². The normalized spacial score (nSPS) is 10.5. The van der Waals surface area contributed by atoms with Crippen molar-refractivity contribution in [3.63, 3.8) is 0 Å². The summed E-state index contributed by atoms with van der Waals surface area (Å²) in [5, 5.41) is 2.82. The second-order valence-corrected chi connectivity index (χ2v) is 3.60. The molecule has 0 spiro atoms. The van der Waals surface area contributed by atoms with Gasteiger partial charge in [0.05, 0.1) is 0 Å². The van der Waals surface area contributed by atoms with E-state index in [2.05, 4.69) is 5.32 Å². The van der Waals surface area contributed by atoms with E-state index < -0.39 is 0 Å². The third-order valence-electron chi connectivity index (χ3n) is 1.32. The van der Waals surface area contributed by atoms with Gasteiger partial charge in [0.15, 0.2) is 0 Å². The summed E-state index contributed by atoms with van der Waals surface area (Å²) in [5.41, 5.74) is 1.24. The summed E-state index contributed by atoms with van der Waals surface area (Å²) in [5.74, 6) is 0.0772. The Morgan fingerprint density at radius 2 is 2.00 bits per heavy atom. The van der Waals surface area contributed by atoms with Crippen LogP contribution < -0.4 is 5.32 Å². The van der Waals surface area contributed by atoms with E-state index in [9.17, 15) is 4.79 Å². The van der Waals surface area contributed by atoms with Crippen molar-refractivity contribution in [3.05, 3.63) is 23.8 Å². The van der Waals surface area contributed by atoms with Crippen molar-refractivity contribution in [1.82, 2.24) is 5.32 Å². The van der Waals surface area contributed by atoms with Gasteiger partial charge in [0, 0.05) is 12.5 Å². The van der Waals surface area contributed by atoms with Gasteiger partial charge in [-0.2, -0.15) is 0 Å². The lowest BCUT2D eigenvalue weighted by atomic mass is 10.3. The lowest BCUT2D eigenvalue weighted by molar-refractivity contribution is -0.120. The first-order valence-electron chi connectivity index (χ1n) is 4.61. The van der Waals surface area contributed by atoms with Gasteiger partial charge < -0.3 is 5.32 Å². The van der Waals surface area contributed by atoms with Crippen LogP contribution in [-0.2, 0) is 4.79 Å². The molecule has 0 aromatic rings. The Hall–Kier alpha value is -1.05. The second kappa shape index (κ2) is 6.46. The summed E-state index contributed by atoms with van der Waals surface area (Å²) in [4.78, 5) is 11.1. The molecule has 13 heavy (non-hydrogen) atoms. The Morgan fingerprint density at radius 1 is 1.38 bits per heavy atom. The predicted octanol–water partition coefficient (Wildman–Crippen LogP) is 2.42. The molecule has 0 aliphatic rings. The Morgan fingerprint density at radius 3 is 2.46 bits per heavy atom. The first-order valence-corrected chi connectivity index (χ1v) is 4.61. The molecule has 2 heteroatoms. The van der Waals surface area contributed by atoms with Gasteiger partial charge >= 0.3 is 0 Å². The summed E-state index contributed by atoms with van der Waals surface area (Å²) in [6, 6.07) is 0.226. The molecule has 1 amide bonds. The quantitative estimate of drug-likeness (QED) is 0.663. The fraction of sp³-hybridized carbons (Fsp3) is 0.545. The molecular weight excluding hydrogens is 162 g/mol. The number of amides is 1. The van der Waals surface area contributed by atoms with Crippen LogP contribution in [0.2, 0.25) is 0 Å². The summed E-state index contributed by atoms with van der Waals surface area (Å²) in [7, 11) is 0. The molecule has 0 saturated carbocycles. The fourth-order valence-electron chi connectivity index (χ4n) is 0.816. The van der Waals surface area contributed by atoms with Crippen molar-refractivity contribution in [3.8, 4) is 0 Å². The Bertz CT molecular complexity index is 210. The van der Waals surface area contributed by atoms with Crippen molar-refractivity contribution < 1.29 is 4.79 Å². The van der Waals surface area contributed by atoms with E-state index in [-0.39, 0.29) is 11.9 Å². The van der Waals surface area contributed by atoms with Crippen molar-refractivity contribution in [2.75, 3.05) is 0 Å². The van der Waals surface area contributed by atoms with Crippen molar-refractivity contribution in [2.24, 2.45) is 0 Å². The topological polar surface area (TPSA) is 29.1 Å². The molecule has 74 valence electrons. The van der Waals surface area contributed by atoms with E-state index >= 15 is 0 Å². The zero-order valence-electron chi connectivity index (χ0n) is 8.92. The molecule has 0 radical (unpaired) electrons. The van der Waals surface area contributed by atoms with Crippen LogP contribution in [0.15, 0.2) is 23.8 Å². The predicted molar refractivity (Wildman–Crippen MR) is 56.5 cm³/mol. The summed E-state index contributed by atoms with van der Waals surface area (Å²) >= 11 is 0. The van der Waals surface area contributed by atoms with E-state index in [4.69, 9.17) is 0 Å². The third kappa shape index (κ3) is 8.86. The Balaban J connectivity index is 3.70. The van der Waals surface area contributed by atoms with Crippen LogP contribution >= 0.6 is 0 Å². The minimum Gasteiger partial charge on any atom is -0.354 e. The molecule has 0 fully saturated rings. The van der Waals surface area contributed by atoms with Gasteiger partial charge in [-0.15, -0.1) is 0 Å². The summed E-state index contributed by atoms with van der Waals surface area (Å²) in [6.45, 7) is 7.96. The maximum absolute atomic E-state index is 11.1. The minimum absolute atomic E-state index is 0.0772. The lowest BCUT2D eigenvalue weighted by Crippen LogP contribution is -2.29. The summed E-state index contributed by atoms with van der Waals surface area (Å²) in [6.07, 6.45) is 6.23. The van der Waals surface area contributed by atoms with Gasteiger partial charge in [0.2, 0.25) is 5.91 Å². The van der Waals surface area contributed by atoms with E-state index in [1.54, 1.807) is 0 Å². The molecule has 0 aliphatic carbocycles. The standard InChI is InChI=1S/C11H19NO/c1-9(2)7-5-6-8-11(13)12-10(3)4/h5-7,10H,8H2,1-4H3,(H,12,13)/b6-5-. The first kappa shape index (κ1) is 11.9. The van der Waals surface area contributed by atoms with Crippen molar-refractivity contribution in [2.45, 2.75) is 40.2 Å². The zero-order chi connectivity index (χ0) is 10.3. The Kier molecular flexibility index (Phi) is 5.94. The maximum atomic E-state index is 11.1. The highest BCUT2D eigenvalue weighted by molar-refractivity contribution is 5.77. The second-order valence-electron chi connectivity index (χ2n) is 3.60. The number of nitrogens with one attached hydrogen (secondary N) is 1. The van der Waals surface area contributed by atoms with Crippen LogP contribution in [0.1, 0.15) is 34.1 Å². The third-order valence-corrected chi connectivity index (χ3v) is 1.32. The molecule has 2 nitrogen and oxygen atoms in total. The maximum Gasteiger partial charge on any atom is 0.224 e. The monoisotopic (exact) mass is 181 g/mol. The first-order chi connectivity index (χ1) is 6.02. The van der Waals surface area contributed by atoms with Crippen LogP contribution in [0.5, 0.6) is 0 Å². The van der Waals surface area contributed by atoms with Gasteiger partial charge in [-0.3, -0.25) is 4.79 Å². The van der Waals surface area contributed by atoms with E-state index in [1.807, 2.05) is 45.9 Å². The van der Waals surface area contributed by atoms with Crippen LogP contribution in [0, 0.1) is 0 Å². The molecule has 0 aromatic heterocycles.